The Bertz CT molecular complexity index is 1020. The van der Waals surface area contributed by atoms with Gasteiger partial charge >= 0.3 is 0 Å². The van der Waals surface area contributed by atoms with E-state index in [2.05, 4.69) is 4.72 Å². The van der Waals surface area contributed by atoms with Gasteiger partial charge in [-0.05, 0) is 35.7 Å². The van der Waals surface area contributed by atoms with Crippen molar-refractivity contribution in [1.82, 2.24) is 4.72 Å². The first-order valence-corrected chi connectivity index (χ1v) is 10.8. The molecule has 27 heavy (non-hydrogen) atoms. The second-order valence-electron chi connectivity index (χ2n) is 6.38. The molecule has 0 aliphatic rings. The van der Waals surface area contributed by atoms with Crippen molar-refractivity contribution in [2.24, 2.45) is 0 Å². The molecule has 1 N–H and O–H groups in total. The van der Waals surface area contributed by atoms with Crippen molar-refractivity contribution in [1.29, 1.82) is 0 Å². The van der Waals surface area contributed by atoms with Crippen LogP contribution in [-0.2, 0) is 15.8 Å². The SMILES string of the molecule is Cc1ccc([C@@H](NS(=O)(=O)Cc2ccc(Cl)c(Cl)c2)c2ccccc2)cc1. The van der Waals surface area contributed by atoms with Crippen LogP contribution >= 0.6 is 23.2 Å². The molecule has 0 spiro atoms. The number of nitrogens with one attached hydrogen (secondary N) is 1. The quantitative estimate of drug-likeness (QED) is 0.572. The maximum absolute atomic E-state index is 12.8. The van der Waals surface area contributed by atoms with Crippen LogP contribution in [0.3, 0.4) is 0 Å². The zero-order valence-electron chi connectivity index (χ0n) is 14.7. The molecule has 0 saturated carbocycles. The normalized spacial score (nSPS) is 12.7. The molecule has 1 atom stereocenters. The number of benzene rings is 3. The zero-order chi connectivity index (χ0) is 19.4. The van der Waals surface area contributed by atoms with E-state index >= 15 is 0 Å². The number of hydrogen-bond acceptors (Lipinski definition) is 2. The third-order valence-electron chi connectivity index (χ3n) is 4.18. The fourth-order valence-corrected chi connectivity index (χ4v) is 4.46. The Labute approximate surface area is 170 Å². The van der Waals surface area contributed by atoms with Gasteiger partial charge in [0.2, 0.25) is 10.0 Å². The Morgan fingerprint density at radius 1 is 0.852 bits per heavy atom. The van der Waals surface area contributed by atoms with Crippen LogP contribution in [0, 0.1) is 6.92 Å². The Balaban J connectivity index is 1.90. The molecule has 0 aromatic heterocycles. The third-order valence-corrected chi connectivity index (χ3v) is 6.23. The van der Waals surface area contributed by atoms with Crippen molar-refractivity contribution < 1.29 is 8.42 Å². The fourth-order valence-electron chi connectivity index (χ4n) is 2.80. The molecule has 0 heterocycles. The Morgan fingerprint density at radius 3 is 2.11 bits per heavy atom. The van der Waals surface area contributed by atoms with E-state index in [9.17, 15) is 8.42 Å². The van der Waals surface area contributed by atoms with Crippen LogP contribution in [0.15, 0.2) is 72.8 Å². The lowest BCUT2D eigenvalue weighted by Gasteiger charge is -2.20. The maximum atomic E-state index is 12.8. The molecule has 0 unspecified atom stereocenters. The van der Waals surface area contributed by atoms with E-state index in [1.165, 1.54) is 0 Å². The molecule has 6 heteroatoms. The summed E-state index contributed by atoms with van der Waals surface area (Å²) in [6.45, 7) is 2.00. The van der Waals surface area contributed by atoms with Gasteiger partial charge in [-0.3, -0.25) is 0 Å². The van der Waals surface area contributed by atoms with Crippen LogP contribution in [0.25, 0.3) is 0 Å². The van der Waals surface area contributed by atoms with Gasteiger partial charge in [-0.25, -0.2) is 13.1 Å². The molecule has 3 aromatic rings. The highest BCUT2D eigenvalue weighted by molar-refractivity contribution is 7.88. The third kappa shape index (κ3) is 5.33. The summed E-state index contributed by atoms with van der Waals surface area (Å²) in [7, 11) is -3.62. The average Bonchev–Trinajstić information content (AvgIpc) is 2.64. The van der Waals surface area contributed by atoms with Crippen molar-refractivity contribution in [3.63, 3.8) is 0 Å². The molecule has 3 rings (SSSR count). The van der Waals surface area contributed by atoms with Crippen LogP contribution in [0.5, 0.6) is 0 Å². The van der Waals surface area contributed by atoms with Crippen LogP contribution in [0.4, 0.5) is 0 Å². The van der Waals surface area contributed by atoms with Gasteiger partial charge in [-0.1, -0.05) is 89.4 Å². The summed E-state index contributed by atoms with van der Waals surface area (Å²) in [5, 5.41) is 0.732. The molecule has 3 aromatic carbocycles. The van der Waals surface area contributed by atoms with Gasteiger partial charge in [0, 0.05) is 0 Å². The highest BCUT2D eigenvalue weighted by atomic mass is 35.5. The summed E-state index contributed by atoms with van der Waals surface area (Å²) >= 11 is 11.9. The van der Waals surface area contributed by atoms with Crippen molar-refractivity contribution in [2.75, 3.05) is 0 Å². The van der Waals surface area contributed by atoms with Crippen LogP contribution in [-0.4, -0.2) is 8.42 Å². The number of aryl methyl sites for hydroxylation is 1. The first-order chi connectivity index (χ1) is 12.8. The largest absolute Gasteiger partial charge is 0.216 e. The van der Waals surface area contributed by atoms with Crippen LogP contribution in [0.2, 0.25) is 10.0 Å². The van der Waals surface area contributed by atoms with Gasteiger partial charge in [0.25, 0.3) is 0 Å². The Kier molecular flexibility index (Phi) is 6.22. The molecule has 140 valence electrons. The molecule has 0 saturated heterocycles. The molecular weight excluding hydrogens is 401 g/mol. The molecule has 0 radical (unpaired) electrons. The van der Waals surface area contributed by atoms with E-state index < -0.39 is 16.1 Å². The summed E-state index contributed by atoms with van der Waals surface area (Å²) in [5.41, 5.74) is 3.44. The molecule has 3 nitrogen and oxygen atoms in total. The van der Waals surface area contributed by atoms with Crippen LogP contribution < -0.4 is 4.72 Å². The van der Waals surface area contributed by atoms with Crippen LogP contribution in [0.1, 0.15) is 28.3 Å². The fraction of sp³-hybridized carbons (Fsp3) is 0.143. The van der Waals surface area contributed by atoms with E-state index in [1.54, 1.807) is 18.2 Å². The zero-order valence-corrected chi connectivity index (χ0v) is 17.0. The number of rotatable bonds is 6. The first-order valence-electron chi connectivity index (χ1n) is 8.39. The minimum absolute atomic E-state index is 0.181. The lowest BCUT2D eigenvalue weighted by molar-refractivity contribution is 0.571. The Morgan fingerprint density at radius 2 is 1.48 bits per heavy atom. The van der Waals surface area contributed by atoms with Crippen molar-refractivity contribution in [2.45, 2.75) is 18.7 Å². The smallest absolute Gasteiger partial charge is 0.212 e. The minimum atomic E-state index is -3.62. The maximum Gasteiger partial charge on any atom is 0.216 e. The van der Waals surface area contributed by atoms with Gasteiger partial charge in [0.15, 0.2) is 0 Å². The Hall–Kier alpha value is -1.85. The summed E-state index contributed by atoms with van der Waals surface area (Å²) < 4.78 is 28.5. The number of sulfonamides is 1. The van der Waals surface area contributed by atoms with E-state index in [4.69, 9.17) is 23.2 Å². The van der Waals surface area contributed by atoms with E-state index in [1.807, 2.05) is 61.5 Å². The molecule has 0 aliphatic heterocycles. The van der Waals surface area contributed by atoms with E-state index in [0.717, 1.165) is 16.7 Å². The molecule has 0 amide bonds. The highest BCUT2D eigenvalue weighted by Gasteiger charge is 2.22. The first kappa shape index (κ1) is 19.9. The molecule has 0 bridgehead atoms. The van der Waals surface area contributed by atoms with Gasteiger partial charge in [-0.15, -0.1) is 0 Å². The summed E-state index contributed by atoms with van der Waals surface area (Å²) in [4.78, 5) is 0. The predicted octanol–water partition coefficient (Wildman–Crippen LogP) is 5.51. The highest BCUT2D eigenvalue weighted by Crippen LogP contribution is 2.26. The van der Waals surface area contributed by atoms with E-state index in [-0.39, 0.29) is 5.75 Å². The average molecular weight is 420 g/mol. The number of hydrogen-bond donors (Lipinski definition) is 1. The molecule has 0 aliphatic carbocycles. The topological polar surface area (TPSA) is 46.2 Å². The molecular formula is C21H19Cl2NO2S. The van der Waals surface area contributed by atoms with Gasteiger partial charge in [0.1, 0.15) is 0 Å². The van der Waals surface area contributed by atoms with Crippen molar-refractivity contribution in [3.05, 3.63) is 105 Å². The lowest BCUT2D eigenvalue weighted by atomic mass is 9.99. The predicted molar refractivity (Wildman–Crippen MR) is 112 cm³/mol. The second kappa shape index (κ2) is 8.44. The second-order valence-corrected chi connectivity index (χ2v) is 8.95. The standard InChI is InChI=1S/C21H19Cl2NO2S/c1-15-7-10-18(11-8-15)21(17-5-3-2-4-6-17)24-27(25,26)14-16-9-12-19(22)20(23)13-16/h2-13,21,24H,14H2,1H3/t21-/m0/s1. The van der Waals surface area contributed by atoms with Crippen molar-refractivity contribution >= 4 is 33.2 Å². The lowest BCUT2D eigenvalue weighted by Crippen LogP contribution is -2.30. The monoisotopic (exact) mass is 419 g/mol. The minimum Gasteiger partial charge on any atom is -0.212 e. The van der Waals surface area contributed by atoms with Gasteiger partial charge in [-0.2, -0.15) is 0 Å². The van der Waals surface area contributed by atoms with E-state index in [0.29, 0.717) is 15.6 Å². The van der Waals surface area contributed by atoms with Crippen molar-refractivity contribution in [3.8, 4) is 0 Å². The summed E-state index contributed by atoms with van der Waals surface area (Å²) in [6, 6.07) is 21.7. The number of halogens is 2. The van der Waals surface area contributed by atoms with Gasteiger partial charge in [0.05, 0.1) is 21.8 Å². The summed E-state index contributed by atoms with van der Waals surface area (Å²) in [6.07, 6.45) is 0. The van der Waals surface area contributed by atoms with Gasteiger partial charge < -0.3 is 0 Å². The molecule has 0 fully saturated rings. The summed E-state index contributed by atoms with van der Waals surface area (Å²) in [5.74, 6) is -0.181.